The van der Waals surface area contributed by atoms with E-state index in [1.54, 1.807) is 0 Å². The number of rotatable bonds is 5. The molecule has 1 aliphatic carbocycles. The van der Waals surface area contributed by atoms with Crippen molar-refractivity contribution in [2.24, 2.45) is 0 Å². The van der Waals surface area contributed by atoms with Gasteiger partial charge >= 0.3 is 0 Å². The zero-order valence-corrected chi connectivity index (χ0v) is 11.6. The van der Waals surface area contributed by atoms with Crippen LogP contribution in [0.4, 0.5) is 0 Å². The van der Waals surface area contributed by atoms with E-state index in [-0.39, 0.29) is 17.6 Å². The van der Waals surface area contributed by atoms with Crippen LogP contribution in [0.5, 0.6) is 0 Å². The number of nitrogens with one attached hydrogen (secondary N) is 1. The third kappa shape index (κ3) is 3.15. The highest BCUT2D eigenvalue weighted by Gasteiger charge is 2.46. The predicted octanol–water partition coefficient (Wildman–Crippen LogP) is 2.36. The van der Waals surface area contributed by atoms with Gasteiger partial charge in [0.25, 0.3) is 0 Å². The maximum Gasteiger partial charge on any atom is 0.0852 e. The van der Waals surface area contributed by atoms with Gasteiger partial charge in [0.05, 0.1) is 17.6 Å². The number of aliphatic hydroxyl groups is 1. The largest absolute Gasteiger partial charge is 0.393 e. The first-order valence-electron chi connectivity index (χ1n) is 6.96. The topological polar surface area (TPSA) is 56.0 Å². The van der Waals surface area contributed by atoms with Crippen LogP contribution < -0.4 is 5.32 Å². The van der Waals surface area contributed by atoms with E-state index in [9.17, 15) is 10.4 Å². The Morgan fingerprint density at radius 3 is 2.53 bits per heavy atom. The molecule has 2 N–H and O–H groups in total. The summed E-state index contributed by atoms with van der Waals surface area (Å²) in [6, 6.07) is 13.2. The van der Waals surface area contributed by atoms with Crippen molar-refractivity contribution >= 4 is 0 Å². The van der Waals surface area contributed by atoms with E-state index in [1.807, 2.05) is 37.3 Å². The molecule has 0 aliphatic heterocycles. The zero-order valence-electron chi connectivity index (χ0n) is 11.6. The van der Waals surface area contributed by atoms with Crippen molar-refractivity contribution in [1.82, 2.24) is 5.32 Å². The molecule has 1 aliphatic rings. The van der Waals surface area contributed by atoms with Crippen molar-refractivity contribution in [3.05, 3.63) is 35.9 Å². The third-order valence-corrected chi connectivity index (χ3v) is 3.94. The lowest BCUT2D eigenvalue weighted by Gasteiger charge is -2.44. The molecule has 2 rings (SSSR count). The lowest BCUT2D eigenvalue weighted by atomic mass is 9.62. The Morgan fingerprint density at radius 1 is 1.37 bits per heavy atom. The minimum absolute atomic E-state index is 0.280. The average Bonchev–Trinajstić information content (AvgIpc) is 2.33. The smallest absolute Gasteiger partial charge is 0.0852 e. The molecule has 102 valence electrons. The van der Waals surface area contributed by atoms with Gasteiger partial charge < -0.3 is 10.4 Å². The molecule has 2 atom stereocenters. The first kappa shape index (κ1) is 14.0. The molecule has 0 spiro atoms. The van der Waals surface area contributed by atoms with Crippen LogP contribution in [-0.2, 0) is 5.41 Å². The van der Waals surface area contributed by atoms with Crippen LogP contribution in [-0.4, -0.2) is 23.3 Å². The Bertz CT molecular complexity index is 444. The standard InChI is InChI=1S/C16H22N2O/c1-12(8-13(2)19)18-15-9-16(10-15,11-17)14-6-4-3-5-7-14/h3-7,12-13,15,18-19H,8-10H2,1-2H3. The van der Waals surface area contributed by atoms with E-state index < -0.39 is 0 Å². The lowest BCUT2D eigenvalue weighted by molar-refractivity contribution is 0.151. The second kappa shape index (κ2) is 5.73. The number of hydrogen-bond donors (Lipinski definition) is 2. The molecular formula is C16H22N2O. The number of nitrogens with zero attached hydrogens (tertiary/aromatic N) is 1. The molecule has 3 nitrogen and oxygen atoms in total. The van der Waals surface area contributed by atoms with Crippen LogP contribution in [0.25, 0.3) is 0 Å². The molecule has 0 aromatic heterocycles. The van der Waals surface area contributed by atoms with Gasteiger partial charge in [0.1, 0.15) is 0 Å². The second-order valence-corrected chi connectivity index (χ2v) is 5.82. The number of aliphatic hydroxyl groups excluding tert-OH is 1. The van der Waals surface area contributed by atoms with Gasteiger partial charge in [-0.2, -0.15) is 5.26 Å². The normalized spacial score (nSPS) is 29.1. The molecule has 2 unspecified atom stereocenters. The molecule has 0 saturated heterocycles. The van der Waals surface area contributed by atoms with Crippen molar-refractivity contribution in [2.75, 3.05) is 0 Å². The van der Waals surface area contributed by atoms with Gasteiger partial charge in [-0.3, -0.25) is 0 Å². The first-order valence-corrected chi connectivity index (χ1v) is 6.96. The summed E-state index contributed by atoms with van der Waals surface area (Å²) in [4.78, 5) is 0. The van der Waals surface area contributed by atoms with Crippen LogP contribution in [0.1, 0.15) is 38.7 Å². The van der Waals surface area contributed by atoms with E-state index >= 15 is 0 Å². The summed E-state index contributed by atoms with van der Waals surface area (Å²) in [5.41, 5.74) is 0.808. The van der Waals surface area contributed by atoms with Gasteiger partial charge in [-0.15, -0.1) is 0 Å². The number of nitriles is 1. The van der Waals surface area contributed by atoms with Gasteiger partial charge in [-0.25, -0.2) is 0 Å². The Kier molecular flexibility index (Phi) is 4.24. The van der Waals surface area contributed by atoms with E-state index in [0.29, 0.717) is 6.04 Å². The number of hydrogen-bond acceptors (Lipinski definition) is 3. The van der Waals surface area contributed by atoms with Crippen molar-refractivity contribution in [3.8, 4) is 6.07 Å². The summed E-state index contributed by atoms with van der Waals surface area (Å²) >= 11 is 0. The van der Waals surface area contributed by atoms with Gasteiger partial charge in [0.2, 0.25) is 0 Å². The molecule has 1 fully saturated rings. The fourth-order valence-electron chi connectivity index (χ4n) is 3.03. The van der Waals surface area contributed by atoms with Crippen molar-refractivity contribution < 1.29 is 5.11 Å². The Hall–Kier alpha value is -1.37. The highest BCUT2D eigenvalue weighted by Crippen LogP contribution is 2.43. The molecule has 1 aromatic rings. The monoisotopic (exact) mass is 258 g/mol. The predicted molar refractivity (Wildman–Crippen MR) is 75.7 cm³/mol. The number of benzene rings is 1. The highest BCUT2D eigenvalue weighted by atomic mass is 16.3. The molecule has 1 aromatic carbocycles. The fourth-order valence-corrected chi connectivity index (χ4v) is 3.03. The van der Waals surface area contributed by atoms with Crippen LogP contribution in [0.2, 0.25) is 0 Å². The molecule has 0 amide bonds. The van der Waals surface area contributed by atoms with E-state index in [0.717, 1.165) is 24.8 Å². The fraction of sp³-hybridized carbons (Fsp3) is 0.562. The van der Waals surface area contributed by atoms with Crippen LogP contribution >= 0.6 is 0 Å². The van der Waals surface area contributed by atoms with E-state index in [1.165, 1.54) is 0 Å². The first-order chi connectivity index (χ1) is 9.05. The minimum Gasteiger partial charge on any atom is -0.393 e. The maximum atomic E-state index is 9.47. The molecule has 0 radical (unpaired) electrons. The molecule has 0 heterocycles. The SMILES string of the molecule is CC(O)CC(C)NC1CC(C#N)(c2ccccc2)C1. The van der Waals surface area contributed by atoms with Crippen molar-refractivity contribution in [1.29, 1.82) is 5.26 Å². The molecule has 1 saturated carbocycles. The van der Waals surface area contributed by atoms with Crippen molar-refractivity contribution in [2.45, 2.75) is 56.7 Å². The average molecular weight is 258 g/mol. The summed E-state index contributed by atoms with van der Waals surface area (Å²) in [7, 11) is 0. The quantitative estimate of drug-likeness (QED) is 0.852. The summed E-state index contributed by atoms with van der Waals surface area (Å²) in [5, 5.41) is 22.3. The van der Waals surface area contributed by atoms with Gasteiger partial charge in [-0.05, 0) is 38.7 Å². The third-order valence-electron chi connectivity index (χ3n) is 3.94. The summed E-state index contributed by atoms with van der Waals surface area (Å²) in [6.45, 7) is 3.89. The molecular weight excluding hydrogens is 236 g/mol. The van der Waals surface area contributed by atoms with Gasteiger partial charge in [0, 0.05) is 12.1 Å². The van der Waals surface area contributed by atoms with E-state index in [4.69, 9.17) is 0 Å². The molecule has 19 heavy (non-hydrogen) atoms. The summed E-state index contributed by atoms with van der Waals surface area (Å²) in [5.74, 6) is 0. The maximum absolute atomic E-state index is 9.47. The van der Waals surface area contributed by atoms with Crippen molar-refractivity contribution in [3.63, 3.8) is 0 Å². The van der Waals surface area contributed by atoms with Crippen LogP contribution in [0.3, 0.4) is 0 Å². The lowest BCUT2D eigenvalue weighted by Crippen LogP contribution is -2.53. The second-order valence-electron chi connectivity index (χ2n) is 5.82. The Balaban J connectivity index is 1.92. The zero-order chi connectivity index (χ0) is 13.9. The summed E-state index contributed by atoms with van der Waals surface area (Å²) in [6.07, 6.45) is 2.19. The van der Waals surface area contributed by atoms with Crippen LogP contribution in [0.15, 0.2) is 30.3 Å². The molecule has 3 heteroatoms. The van der Waals surface area contributed by atoms with E-state index in [2.05, 4.69) is 18.3 Å². The van der Waals surface area contributed by atoms with Gasteiger partial charge in [0.15, 0.2) is 0 Å². The summed E-state index contributed by atoms with van der Waals surface area (Å²) < 4.78 is 0. The Morgan fingerprint density at radius 2 is 2.00 bits per heavy atom. The molecule has 0 bridgehead atoms. The minimum atomic E-state index is -0.316. The van der Waals surface area contributed by atoms with Gasteiger partial charge in [-0.1, -0.05) is 30.3 Å². The van der Waals surface area contributed by atoms with Crippen LogP contribution in [0, 0.1) is 11.3 Å². The Labute approximate surface area is 115 Å². The highest BCUT2D eigenvalue weighted by molar-refractivity contribution is 5.36.